The topological polar surface area (TPSA) is 41.9 Å². The molecule has 5 heteroatoms. The quantitative estimate of drug-likeness (QED) is 0.778. The zero-order chi connectivity index (χ0) is 12.5. The monoisotopic (exact) mass is 264 g/mol. The summed E-state index contributed by atoms with van der Waals surface area (Å²) in [5, 5.41) is 6.36. The fraction of sp³-hybridized carbons (Fsp3) is 0.385. The van der Waals surface area contributed by atoms with Gasteiger partial charge in [-0.15, -0.1) is 0 Å². The minimum absolute atomic E-state index is 0.116. The Kier molecular flexibility index (Phi) is 2.96. The highest BCUT2D eigenvalue weighted by molar-refractivity contribution is 6.30. The van der Waals surface area contributed by atoms with E-state index in [1.54, 1.807) is 24.3 Å². The number of ether oxygens (including phenoxy) is 1. The molecule has 4 nitrogen and oxygen atoms in total. The van der Waals surface area contributed by atoms with Gasteiger partial charge in [-0.05, 0) is 49.9 Å². The molecule has 1 aromatic carbocycles. The van der Waals surface area contributed by atoms with Crippen molar-refractivity contribution in [1.82, 2.24) is 0 Å². The lowest BCUT2D eigenvalue weighted by Gasteiger charge is -2.32. The smallest absolute Gasteiger partial charge is 0.435 e. The first-order valence-electron chi connectivity index (χ1n) is 6.08. The lowest BCUT2D eigenvalue weighted by atomic mass is 9.95. The number of benzene rings is 1. The van der Waals surface area contributed by atoms with Crippen LogP contribution in [0.2, 0.25) is 5.02 Å². The molecule has 0 saturated heterocycles. The van der Waals surface area contributed by atoms with Crippen LogP contribution in [-0.4, -0.2) is 17.9 Å². The van der Waals surface area contributed by atoms with Crippen molar-refractivity contribution in [2.75, 3.05) is 5.01 Å². The fourth-order valence-corrected chi connectivity index (χ4v) is 2.42. The second-order valence-corrected chi connectivity index (χ2v) is 4.93. The molecule has 1 fully saturated rings. The van der Waals surface area contributed by atoms with Gasteiger partial charge in [0.05, 0.1) is 11.4 Å². The van der Waals surface area contributed by atoms with Crippen LogP contribution >= 0.6 is 11.6 Å². The summed E-state index contributed by atoms with van der Waals surface area (Å²) in [5.74, 6) is 0. The summed E-state index contributed by atoms with van der Waals surface area (Å²) in [5.41, 5.74) is 1.65. The van der Waals surface area contributed by atoms with Crippen LogP contribution in [0.1, 0.15) is 25.7 Å². The van der Waals surface area contributed by atoms with Crippen molar-refractivity contribution in [3.05, 3.63) is 29.3 Å². The lowest BCUT2D eigenvalue weighted by Crippen LogP contribution is -2.42. The van der Waals surface area contributed by atoms with E-state index >= 15 is 0 Å². The molecule has 1 atom stereocenters. The van der Waals surface area contributed by atoms with Gasteiger partial charge in [0, 0.05) is 5.02 Å². The second kappa shape index (κ2) is 4.61. The van der Waals surface area contributed by atoms with Crippen LogP contribution in [0.4, 0.5) is 10.5 Å². The molecule has 3 rings (SSSR count). The van der Waals surface area contributed by atoms with Gasteiger partial charge in [-0.1, -0.05) is 11.6 Å². The molecule has 0 aromatic heterocycles. The van der Waals surface area contributed by atoms with E-state index in [4.69, 9.17) is 16.3 Å². The summed E-state index contributed by atoms with van der Waals surface area (Å²) < 4.78 is 5.41. The van der Waals surface area contributed by atoms with Crippen LogP contribution in [0.15, 0.2) is 29.4 Å². The SMILES string of the molecule is O=C1OC2CCCCC2=NN1c1ccc(Cl)cc1. The van der Waals surface area contributed by atoms with Crippen LogP contribution in [0, 0.1) is 0 Å². The maximum absolute atomic E-state index is 11.9. The Morgan fingerprint density at radius 3 is 2.83 bits per heavy atom. The van der Waals surface area contributed by atoms with Gasteiger partial charge in [0.25, 0.3) is 0 Å². The Bertz CT molecular complexity index is 498. The Labute approximate surface area is 110 Å². The summed E-state index contributed by atoms with van der Waals surface area (Å²) in [6, 6.07) is 6.99. The first kappa shape index (κ1) is 11.5. The zero-order valence-corrected chi connectivity index (χ0v) is 10.6. The standard InChI is InChI=1S/C13H13ClN2O2/c14-9-5-7-10(8-6-9)16-13(17)18-12-4-2-1-3-11(12)15-16/h5-8,12H,1-4H2. The van der Waals surface area contributed by atoms with Gasteiger partial charge in [0.15, 0.2) is 0 Å². The van der Waals surface area contributed by atoms with Gasteiger partial charge in [-0.3, -0.25) is 0 Å². The molecule has 1 aliphatic heterocycles. The van der Waals surface area contributed by atoms with Crippen LogP contribution in [-0.2, 0) is 4.74 Å². The Morgan fingerprint density at radius 1 is 1.28 bits per heavy atom. The molecule has 0 N–H and O–H groups in total. The largest absolute Gasteiger partial charge is 0.438 e. The number of halogens is 1. The molecule has 0 bridgehead atoms. The Hall–Kier alpha value is -1.55. The predicted octanol–water partition coefficient (Wildman–Crippen LogP) is 3.60. The van der Waals surface area contributed by atoms with E-state index in [9.17, 15) is 4.79 Å². The molecule has 1 unspecified atom stereocenters. The molecular weight excluding hydrogens is 252 g/mol. The van der Waals surface area contributed by atoms with Gasteiger partial charge in [0.2, 0.25) is 0 Å². The lowest BCUT2D eigenvalue weighted by molar-refractivity contribution is 0.118. The fourth-order valence-electron chi connectivity index (χ4n) is 2.29. The third-order valence-electron chi connectivity index (χ3n) is 3.24. The van der Waals surface area contributed by atoms with E-state index in [2.05, 4.69) is 5.10 Å². The number of amides is 1. The van der Waals surface area contributed by atoms with Gasteiger partial charge in [-0.2, -0.15) is 10.1 Å². The van der Waals surface area contributed by atoms with E-state index in [0.29, 0.717) is 10.7 Å². The van der Waals surface area contributed by atoms with E-state index in [-0.39, 0.29) is 6.10 Å². The molecule has 2 aliphatic rings. The first-order chi connectivity index (χ1) is 8.74. The molecule has 0 radical (unpaired) electrons. The highest BCUT2D eigenvalue weighted by atomic mass is 35.5. The highest BCUT2D eigenvalue weighted by Crippen LogP contribution is 2.27. The average Bonchev–Trinajstić information content (AvgIpc) is 2.39. The van der Waals surface area contributed by atoms with Gasteiger partial charge >= 0.3 is 6.09 Å². The third-order valence-corrected chi connectivity index (χ3v) is 3.49. The normalized spacial score (nSPS) is 23.2. The second-order valence-electron chi connectivity index (χ2n) is 4.50. The van der Waals surface area contributed by atoms with E-state index in [1.807, 2.05) is 0 Å². The minimum Gasteiger partial charge on any atom is -0.438 e. The van der Waals surface area contributed by atoms with E-state index in [1.165, 1.54) is 5.01 Å². The average molecular weight is 265 g/mol. The molecule has 1 aliphatic carbocycles. The Morgan fingerprint density at radius 2 is 2.06 bits per heavy atom. The summed E-state index contributed by atoms with van der Waals surface area (Å²) in [7, 11) is 0. The van der Waals surface area contributed by atoms with Crippen molar-refractivity contribution in [3.63, 3.8) is 0 Å². The molecule has 1 heterocycles. The minimum atomic E-state index is -0.409. The summed E-state index contributed by atoms with van der Waals surface area (Å²) >= 11 is 5.83. The molecule has 0 spiro atoms. The predicted molar refractivity (Wildman–Crippen MR) is 70.1 cm³/mol. The maximum atomic E-state index is 11.9. The van der Waals surface area contributed by atoms with Crippen molar-refractivity contribution in [2.24, 2.45) is 5.10 Å². The van der Waals surface area contributed by atoms with E-state index in [0.717, 1.165) is 31.4 Å². The van der Waals surface area contributed by atoms with Crippen LogP contribution < -0.4 is 5.01 Å². The summed E-state index contributed by atoms with van der Waals surface area (Å²) in [4.78, 5) is 11.9. The molecule has 18 heavy (non-hydrogen) atoms. The van der Waals surface area contributed by atoms with E-state index < -0.39 is 6.09 Å². The Balaban J connectivity index is 1.91. The number of rotatable bonds is 1. The van der Waals surface area contributed by atoms with Gasteiger partial charge in [-0.25, -0.2) is 4.79 Å². The number of hydrazone groups is 1. The van der Waals surface area contributed by atoms with Gasteiger partial charge in [0.1, 0.15) is 6.10 Å². The first-order valence-corrected chi connectivity index (χ1v) is 6.45. The molecule has 1 saturated carbocycles. The molecule has 94 valence electrons. The number of hydrogen-bond acceptors (Lipinski definition) is 3. The van der Waals surface area contributed by atoms with Gasteiger partial charge < -0.3 is 4.74 Å². The number of carbonyl (C=O) groups excluding carboxylic acids is 1. The molecular formula is C13H13ClN2O2. The van der Waals surface area contributed by atoms with Crippen LogP contribution in [0.5, 0.6) is 0 Å². The zero-order valence-electron chi connectivity index (χ0n) is 9.80. The van der Waals surface area contributed by atoms with Crippen LogP contribution in [0.25, 0.3) is 0 Å². The maximum Gasteiger partial charge on any atom is 0.435 e. The van der Waals surface area contributed by atoms with Crippen molar-refractivity contribution < 1.29 is 9.53 Å². The summed E-state index contributed by atoms with van der Waals surface area (Å²) in [6.07, 6.45) is 3.48. The van der Waals surface area contributed by atoms with Crippen LogP contribution in [0.3, 0.4) is 0 Å². The summed E-state index contributed by atoms with van der Waals surface area (Å²) in [6.45, 7) is 0. The number of anilines is 1. The number of carbonyl (C=O) groups is 1. The molecule has 1 aromatic rings. The van der Waals surface area contributed by atoms with Crippen molar-refractivity contribution in [1.29, 1.82) is 0 Å². The van der Waals surface area contributed by atoms with Crippen molar-refractivity contribution in [3.8, 4) is 0 Å². The highest BCUT2D eigenvalue weighted by Gasteiger charge is 2.32. The third kappa shape index (κ3) is 2.08. The number of hydrogen-bond donors (Lipinski definition) is 0. The van der Waals surface area contributed by atoms with Crippen molar-refractivity contribution in [2.45, 2.75) is 31.8 Å². The molecule has 1 amide bonds. The number of fused-ring (bicyclic) bond motifs is 1. The van der Waals surface area contributed by atoms with Crippen molar-refractivity contribution >= 4 is 29.1 Å². The number of nitrogens with zero attached hydrogens (tertiary/aromatic N) is 2.